The first-order valence-corrected chi connectivity index (χ1v) is 9.58. The molecule has 2 aliphatic heterocycles. The molecule has 6 heteroatoms. The van der Waals surface area contributed by atoms with Crippen LogP contribution in [0.15, 0.2) is 24.4 Å². The van der Waals surface area contributed by atoms with Gasteiger partial charge in [0.15, 0.2) is 0 Å². The maximum absolute atomic E-state index is 13.0. The van der Waals surface area contributed by atoms with Gasteiger partial charge >= 0.3 is 0 Å². The van der Waals surface area contributed by atoms with Crippen molar-refractivity contribution in [3.63, 3.8) is 0 Å². The first-order chi connectivity index (χ1) is 12.4. The number of likely N-dealkylation sites (N-methyl/N-ethyl adjacent to an activating group) is 1. The monoisotopic (exact) mass is 358 g/mol. The van der Waals surface area contributed by atoms with Crippen molar-refractivity contribution in [1.29, 1.82) is 0 Å². The quantitative estimate of drug-likeness (QED) is 0.805. The zero-order valence-electron chi connectivity index (χ0n) is 16.1. The molecule has 0 unspecified atom stereocenters. The molecule has 0 aliphatic carbocycles. The molecule has 0 bridgehead atoms. The average Bonchev–Trinajstić information content (AvgIpc) is 3.03. The molecule has 3 heterocycles. The van der Waals surface area contributed by atoms with E-state index in [1.807, 2.05) is 39.9 Å². The highest BCUT2D eigenvalue weighted by molar-refractivity contribution is 5.86. The molecular formula is C20H30N4O2. The first-order valence-electron chi connectivity index (χ1n) is 9.58. The summed E-state index contributed by atoms with van der Waals surface area (Å²) >= 11 is 0. The van der Waals surface area contributed by atoms with Gasteiger partial charge in [0.1, 0.15) is 0 Å². The number of pyridine rings is 1. The number of carbonyl (C=O) groups is 2. The van der Waals surface area contributed by atoms with Crippen LogP contribution in [0.1, 0.15) is 38.8 Å². The van der Waals surface area contributed by atoms with E-state index in [1.165, 1.54) is 0 Å². The summed E-state index contributed by atoms with van der Waals surface area (Å²) in [6, 6.07) is 6.04. The fourth-order valence-corrected chi connectivity index (χ4v) is 4.21. The minimum Gasteiger partial charge on any atom is -0.340 e. The van der Waals surface area contributed by atoms with Gasteiger partial charge in [0.25, 0.3) is 0 Å². The van der Waals surface area contributed by atoms with E-state index in [9.17, 15) is 9.59 Å². The normalized spacial score (nSPS) is 23.5. The van der Waals surface area contributed by atoms with Crippen LogP contribution < -0.4 is 0 Å². The zero-order valence-corrected chi connectivity index (χ0v) is 16.1. The Labute approximate surface area is 156 Å². The summed E-state index contributed by atoms with van der Waals surface area (Å²) in [6.45, 7) is 7.25. The van der Waals surface area contributed by atoms with Crippen molar-refractivity contribution in [2.45, 2.75) is 45.7 Å². The topological polar surface area (TPSA) is 56.8 Å². The Hall–Kier alpha value is -1.95. The average molecular weight is 358 g/mol. The lowest BCUT2D eigenvalue weighted by atomic mass is 9.78. The Balaban J connectivity index is 1.57. The largest absolute Gasteiger partial charge is 0.340 e. The number of hydrogen-bond acceptors (Lipinski definition) is 4. The van der Waals surface area contributed by atoms with E-state index < -0.39 is 0 Å². The summed E-state index contributed by atoms with van der Waals surface area (Å²) in [7, 11) is 1.94. The van der Waals surface area contributed by atoms with Crippen LogP contribution in [0.4, 0.5) is 0 Å². The van der Waals surface area contributed by atoms with Gasteiger partial charge in [-0.15, -0.1) is 0 Å². The second-order valence-corrected chi connectivity index (χ2v) is 8.03. The van der Waals surface area contributed by atoms with Crippen molar-refractivity contribution in [1.82, 2.24) is 19.7 Å². The molecule has 2 saturated heterocycles. The van der Waals surface area contributed by atoms with Gasteiger partial charge in [-0.1, -0.05) is 6.07 Å². The van der Waals surface area contributed by atoms with Crippen molar-refractivity contribution < 1.29 is 9.59 Å². The molecule has 0 saturated carbocycles. The highest BCUT2D eigenvalue weighted by atomic mass is 16.2. The fourth-order valence-electron chi connectivity index (χ4n) is 4.21. The van der Waals surface area contributed by atoms with E-state index in [0.717, 1.165) is 31.5 Å². The van der Waals surface area contributed by atoms with Gasteiger partial charge in [-0.25, -0.2) is 0 Å². The Morgan fingerprint density at radius 1 is 1.31 bits per heavy atom. The Bertz CT molecular complexity index is 648. The molecule has 2 amide bonds. The van der Waals surface area contributed by atoms with Gasteiger partial charge in [-0.05, 0) is 52.3 Å². The van der Waals surface area contributed by atoms with Crippen LogP contribution in [-0.2, 0) is 16.1 Å². The van der Waals surface area contributed by atoms with E-state index in [4.69, 9.17) is 0 Å². The Morgan fingerprint density at radius 2 is 2.12 bits per heavy atom. The minimum absolute atomic E-state index is 0.106. The third-order valence-corrected chi connectivity index (χ3v) is 5.66. The smallest absolute Gasteiger partial charge is 0.236 e. The maximum atomic E-state index is 13.0. The van der Waals surface area contributed by atoms with Gasteiger partial charge in [-0.2, -0.15) is 0 Å². The number of carbonyl (C=O) groups excluding carboxylic acids is 2. The number of nitrogens with zero attached hydrogens (tertiary/aromatic N) is 4. The predicted molar refractivity (Wildman–Crippen MR) is 100 cm³/mol. The summed E-state index contributed by atoms with van der Waals surface area (Å²) in [4.78, 5) is 35.9. The van der Waals surface area contributed by atoms with Crippen molar-refractivity contribution in [2.24, 2.45) is 5.41 Å². The first kappa shape index (κ1) is 18.8. The van der Waals surface area contributed by atoms with Crippen LogP contribution in [-0.4, -0.2) is 70.8 Å². The van der Waals surface area contributed by atoms with Crippen LogP contribution >= 0.6 is 0 Å². The number of rotatable bonds is 5. The SMILES string of the molecule is CC(C)N1CCC[C@]2(CCN(C(=O)CN(C)Cc3ccccn3)C2)C1=O. The molecule has 2 fully saturated rings. The van der Waals surface area contributed by atoms with E-state index in [-0.39, 0.29) is 23.3 Å². The van der Waals surface area contributed by atoms with Crippen LogP contribution in [0.25, 0.3) is 0 Å². The van der Waals surface area contributed by atoms with Gasteiger partial charge in [0.2, 0.25) is 11.8 Å². The van der Waals surface area contributed by atoms with E-state index in [0.29, 0.717) is 26.2 Å². The Kier molecular flexibility index (Phi) is 5.61. The van der Waals surface area contributed by atoms with Crippen LogP contribution in [0.3, 0.4) is 0 Å². The number of piperidine rings is 1. The van der Waals surface area contributed by atoms with Crippen molar-refractivity contribution in [3.05, 3.63) is 30.1 Å². The third kappa shape index (κ3) is 3.90. The van der Waals surface area contributed by atoms with E-state index >= 15 is 0 Å². The van der Waals surface area contributed by atoms with Gasteiger partial charge in [0.05, 0.1) is 17.7 Å². The highest BCUT2D eigenvalue weighted by Crippen LogP contribution is 2.40. The summed E-state index contributed by atoms with van der Waals surface area (Å²) in [5, 5.41) is 0. The van der Waals surface area contributed by atoms with Crippen molar-refractivity contribution in [3.8, 4) is 0 Å². The fraction of sp³-hybridized carbons (Fsp3) is 0.650. The van der Waals surface area contributed by atoms with E-state index in [1.54, 1.807) is 6.20 Å². The molecule has 0 aromatic carbocycles. The summed E-state index contributed by atoms with van der Waals surface area (Å²) in [5.74, 6) is 0.352. The molecule has 1 aromatic rings. The second-order valence-electron chi connectivity index (χ2n) is 8.03. The molecule has 0 N–H and O–H groups in total. The lowest BCUT2D eigenvalue weighted by molar-refractivity contribution is -0.148. The lowest BCUT2D eigenvalue weighted by Crippen LogP contribution is -2.53. The van der Waals surface area contributed by atoms with Crippen molar-refractivity contribution >= 4 is 11.8 Å². The van der Waals surface area contributed by atoms with Gasteiger partial charge < -0.3 is 9.80 Å². The Morgan fingerprint density at radius 3 is 2.81 bits per heavy atom. The predicted octanol–water partition coefficient (Wildman–Crippen LogP) is 1.76. The zero-order chi connectivity index (χ0) is 18.7. The van der Waals surface area contributed by atoms with Crippen LogP contribution in [0.2, 0.25) is 0 Å². The number of aromatic nitrogens is 1. The van der Waals surface area contributed by atoms with Gasteiger partial charge in [-0.3, -0.25) is 19.5 Å². The van der Waals surface area contributed by atoms with Gasteiger partial charge in [0, 0.05) is 38.4 Å². The summed E-state index contributed by atoms with van der Waals surface area (Å²) in [6.07, 6.45) is 4.50. The van der Waals surface area contributed by atoms with Crippen LogP contribution in [0, 0.1) is 5.41 Å². The molecule has 0 radical (unpaired) electrons. The number of hydrogen-bond donors (Lipinski definition) is 0. The molecule has 6 nitrogen and oxygen atoms in total. The maximum Gasteiger partial charge on any atom is 0.236 e. The van der Waals surface area contributed by atoms with Crippen molar-refractivity contribution in [2.75, 3.05) is 33.2 Å². The third-order valence-electron chi connectivity index (χ3n) is 5.66. The van der Waals surface area contributed by atoms with Crippen LogP contribution in [0.5, 0.6) is 0 Å². The number of likely N-dealkylation sites (tertiary alicyclic amines) is 2. The highest BCUT2D eigenvalue weighted by Gasteiger charge is 2.49. The molecule has 1 aromatic heterocycles. The molecule has 3 rings (SSSR count). The molecule has 142 valence electrons. The molecule has 26 heavy (non-hydrogen) atoms. The molecule has 1 atom stereocenters. The number of amides is 2. The minimum atomic E-state index is -0.349. The second kappa shape index (κ2) is 7.74. The molecule has 2 aliphatic rings. The summed E-state index contributed by atoms with van der Waals surface area (Å²) < 4.78 is 0. The van der Waals surface area contributed by atoms with E-state index in [2.05, 4.69) is 18.8 Å². The summed E-state index contributed by atoms with van der Waals surface area (Å²) in [5.41, 5.74) is 0.605. The molecular weight excluding hydrogens is 328 g/mol. The molecule has 1 spiro atoms. The standard InChI is InChI=1S/C20H30N4O2/c1-16(2)24-11-6-8-20(19(24)26)9-12-23(15-20)18(25)14-22(3)13-17-7-4-5-10-21-17/h4-5,7,10,16H,6,8-9,11-15H2,1-3H3/t20-/m1/s1. The lowest BCUT2D eigenvalue weighted by Gasteiger charge is -2.41.